The number of fused-ring (bicyclic) bond motifs is 3. The van der Waals surface area contributed by atoms with Crippen LogP contribution in [0.15, 0.2) is 24.3 Å². The van der Waals surface area contributed by atoms with Crippen molar-refractivity contribution in [3.63, 3.8) is 0 Å². The fourth-order valence-corrected chi connectivity index (χ4v) is 2.53. The molecule has 4 nitrogen and oxygen atoms in total. The number of carboxylic acid groups (broad SMARTS) is 1. The fraction of sp³-hybridized carbons (Fsp3) is 0. The number of carbonyl (C=O) groups is 1. The zero-order chi connectivity index (χ0) is 10.4. The topological polar surface area (TPSA) is 66.0 Å². The summed E-state index contributed by atoms with van der Waals surface area (Å²) >= 11 is 1.22. The van der Waals surface area contributed by atoms with Gasteiger partial charge in [-0.05, 0) is 17.6 Å². The van der Waals surface area contributed by atoms with Gasteiger partial charge in [0.15, 0.2) is 5.69 Å². The van der Waals surface area contributed by atoms with Crippen LogP contribution in [0.5, 0.6) is 0 Å². The largest absolute Gasteiger partial charge is 0.476 e. The molecule has 1 aromatic carbocycles. The number of aromatic amines is 1. The number of para-hydroxylation sites is 1. The summed E-state index contributed by atoms with van der Waals surface area (Å²) in [7, 11) is 0. The van der Waals surface area contributed by atoms with Crippen LogP contribution >= 0.6 is 11.5 Å². The minimum Gasteiger partial charge on any atom is -0.476 e. The molecule has 0 aliphatic carbocycles. The molecule has 0 spiro atoms. The molecule has 74 valence electrons. The third-order valence-corrected chi connectivity index (χ3v) is 3.21. The average Bonchev–Trinajstić information content (AvgIpc) is 2.74. The second kappa shape index (κ2) is 2.80. The van der Waals surface area contributed by atoms with Gasteiger partial charge in [-0.25, -0.2) is 4.79 Å². The van der Waals surface area contributed by atoms with E-state index in [0.29, 0.717) is 5.52 Å². The first-order valence-electron chi connectivity index (χ1n) is 4.37. The number of aromatic carboxylic acids is 1. The second-order valence-electron chi connectivity index (χ2n) is 3.21. The summed E-state index contributed by atoms with van der Waals surface area (Å²) in [5, 5.41) is 9.95. The molecule has 3 rings (SSSR count). The summed E-state index contributed by atoms with van der Waals surface area (Å²) in [5.74, 6) is -0.993. The predicted molar refractivity (Wildman–Crippen MR) is 58.4 cm³/mol. The van der Waals surface area contributed by atoms with Gasteiger partial charge in [-0.3, -0.25) is 0 Å². The first kappa shape index (κ1) is 8.43. The highest BCUT2D eigenvalue weighted by atomic mass is 32.1. The monoisotopic (exact) mass is 218 g/mol. The molecule has 0 aliphatic rings. The minimum absolute atomic E-state index is 0.103. The molecule has 0 aliphatic heterocycles. The van der Waals surface area contributed by atoms with E-state index in [2.05, 4.69) is 9.36 Å². The number of rotatable bonds is 1. The van der Waals surface area contributed by atoms with Gasteiger partial charge in [0, 0.05) is 10.9 Å². The number of hydrogen-bond donors (Lipinski definition) is 2. The van der Waals surface area contributed by atoms with Crippen molar-refractivity contribution in [3.8, 4) is 0 Å². The van der Waals surface area contributed by atoms with Gasteiger partial charge in [0.05, 0.1) is 10.2 Å². The number of carboxylic acids is 1. The van der Waals surface area contributed by atoms with E-state index < -0.39 is 5.97 Å². The van der Waals surface area contributed by atoms with Gasteiger partial charge < -0.3 is 10.1 Å². The van der Waals surface area contributed by atoms with E-state index in [1.165, 1.54) is 11.5 Å². The first-order valence-corrected chi connectivity index (χ1v) is 5.14. The quantitative estimate of drug-likeness (QED) is 0.659. The highest BCUT2D eigenvalue weighted by Gasteiger charge is 2.16. The molecule has 0 radical (unpaired) electrons. The van der Waals surface area contributed by atoms with Crippen molar-refractivity contribution in [3.05, 3.63) is 30.0 Å². The van der Waals surface area contributed by atoms with Crippen LogP contribution in [0, 0.1) is 0 Å². The van der Waals surface area contributed by atoms with Crippen LogP contribution in [0.1, 0.15) is 10.5 Å². The van der Waals surface area contributed by atoms with E-state index in [1.54, 1.807) is 0 Å². The van der Waals surface area contributed by atoms with E-state index in [0.717, 1.165) is 15.6 Å². The molecule has 0 saturated heterocycles. The van der Waals surface area contributed by atoms with E-state index in [4.69, 9.17) is 5.11 Å². The Morgan fingerprint density at radius 3 is 3.00 bits per heavy atom. The van der Waals surface area contributed by atoms with E-state index >= 15 is 0 Å². The van der Waals surface area contributed by atoms with Crippen molar-refractivity contribution in [1.82, 2.24) is 9.36 Å². The normalized spacial score (nSPS) is 11.2. The lowest BCUT2D eigenvalue weighted by molar-refractivity contribution is 0.0694. The molecule has 2 aromatic heterocycles. The third kappa shape index (κ3) is 1.07. The van der Waals surface area contributed by atoms with Crippen LogP contribution in [0.25, 0.3) is 21.1 Å². The molecule has 0 atom stereocenters. The number of hydrogen-bond acceptors (Lipinski definition) is 3. The van der Waals surface area contributed by atoms with Gasteiger partial charge in [0.1, 0.15) is 0 Å². The molecule has 0 fully saturated rings. The summed E-state index contributed by atoms with van der Waals surface area (Å²) in [6.07, 6.45) is 0. The molecule has 0 amide bonds. The van der Waals surface area contributed by atoms with Crippen molar-refractivity contribution < 1.29 is 9.90 Å². The Balaban J connectivity index is 2.50. The Morgan fingerprint density at radius 1 is 1.40 bits per heavy atom. The number of nitrogens with zero attached hydrogens (tertiary/aromatic N) is 1. The summed E-state index contributed by atoms with van der Waals surface area (Å²) in [6.45, 7) is 0. The maximum absolute atomic E-state index is 10.9. The summed E-state index contributed by atoms with van der Waals surface area (Å²) in [6, 6.07) is 7.72. The van der Waals surface area contributed by atoms with E-state index in [1.807, 2.05) is 24.3 Å². The highest BCUT2D eigenvalue weighted by Crippen LogP contribution is 2.30. The Morgan fingerprint density at radius 2 is 2.20 bits per heavy atom. The van der Waals surface area contributed by atoms with Gasteiger partial charge in [-0.15, -0.1) is 0 Å². The summed E-state index contributed by atoms with van der Waals surface area (Å²) in [5.41, 5.74) is 1.67. The lowest BCUT2D eigenvalue weighted by atomic mass is 10.2. The molecule has 15 heavy (non-hydrogen) atoms. The average molecular weight is 218 g/mol. The molecule has 5 heteroatoms. The summed E-state index contributed by atoms with van der Waals surface area (Å²) in [4.78, 5) is 14.0. The lowest BCUT2D eigenvalue weighted by Gasteiger charge is -1.86. The maximum atomic E-state index is 10.9. The Bertz CT molecular complexity index is 668. The van der Waals surface area contributed by atoms with Crippen molar-refractivity contribution in [1.29, 1.82) is 0 Å². The van der Waals surface area contributed by atoms with Crippen LogP contribution in [-0.4, -0.2) is 20.4 Å². The number of nitrogens with one attached hydrogen (secondary N) is 1. The zero-order valence-electron chi connectivity index (χ0n) is 7.52. The number of H-pyrrole nitrogens is 1. The van der Waals surface area contributed by atoms with Crippen molar-refractivity contribution in [2.45, 2.75) is 0 Å². The summed E-state index contributed by atoms with van der Waals surface area (Å²) < 4.78 is 4.82. The van der Waals surface area contributed by atoms with Crippen molar-refractivity contribution in [2.24, 2.45) is 0 Å². The van der Waals surface area contributed by atoms with Crippen molar-refractivity contribution >= 4 is 38.6 Å². The molecule has 0 bridgehead atoms. The predicted octanol–water partition coefficient (Wildman–Crippen LogP) is 2.48. The molecular weight excluding hydrogens is 212 g/mol. The smallest absolute Gasteiger partial charge is 0.357 e. The van der Waals surface area contributed by atoms with Crippen LogP contribution in [0.3, 0.4) is 0 Å². The van der Waals surface area contributed by atoms with Crippen LogP contribution < -0.4 is 0 Å². The second-order valence-corrected chi connectivity index (χ2v) is 3.98. The molecular formula is C10H6N2O2S. The van der Waals surface area contributed by atoms with Gasteiger partial charge in [0.25, 0.3) is 0 Å². The maximum Gasteiger partial charge on any atom is 0.357 e. The Hall–Kier alpha value is -1.88. The molecule has 2 N–H and O–H groups in total. The van der Waals surface area contributed by atoms with Crippen LogP contribution in [0.4, 0.5) is 0 Å². The lowest BCUT2D eigenvalue weighted by Crippen LogP contribution is -1.96. The van der Waals surface area contributed by atoms with Crippen LogP contribution in [-0.2, 0) is 0 Å². The first-order chi connectivity index (χ1) is 7.27. The van der Waals surface area contributed by atoms with Gasteiger partial charge in [-0.1, -0.05) is 18.2 Å². The van der Waals surface area contributed by atoms with E-state index in [-0.39, 0.29) is 5.69 Å². The number of aromatic nitrogens is 2. The minimum atomic E-state index is -0.993. The van der Waals surface area contributed by atoms with Gasteiger partial charge >= 0.3 is 5.97 Å². The Labute approximate surface area is 88.3 Å². The Kier molecular flexibility index (Phi) is 1.58. The van der Waals surface area contributed by atoms with Gasteiger partial charge in [-0.2, -0.15) is 4.37 Å². The SMILES string of the molecule is O=C(O)c1nsc2c1[nH]c1ccccc12. The standard InChI is InChI=1S/C10H6N2O2S/c13-10(14)8-7-9(15-12-8)5-3-1-2-4-6(5)11-7/h1-4,11H,(H,13,14). The molecule has 2 heterocycles. The molecule has 0 saturated carbocycles. The van der Waals surface area contributed by atoms with Crippen LogP contribution in [0.2, 0.25) is 0 Å². The number of benzene rings is 1. The highest BCUT2D eigenvalue weighted by molar-refractivity contribution is 7.14. The zero-order valence-corrected chi connectivity index (χ0v) is 8.34. The molecule has 3 aromatic rings. The molecule has 0 unspecified atom stereocenters. The van der Waals surface area contributed by atoms with Gasteiger partial charge in [0.2, 0.25) is 0 Å². The van der Waals surface area contributed by atoms with E-state index in [9.17, 15) is 4.79 Å². The fourth-order valence-electron chi connectivity index (χ4n) is 1.66. The third-order valence-electron chi connectivity index (χ3n) is 2.33. The van der Waals surface area contributed by atoms with Crippen molar-refractivity contribution in [2.75, 3.05) is 0 Å².